The van der Waals surface area contributed by atoms with Crippen LogP contribution < -0.4 is 21.1 Å². The van der Waals surface area contributed by atoms with E-state index in [1.54, 1.807) is 18.3 Å². The van der Waals surface area contributed by atoms with Gasteiger partial charge >= 0.3 is 5.97 Å². The topological polar surface area (TPSA) is 95.5 Å². The van der Waals surface area contributed by atoms with Crippen molar-refractivity contribution in [2.24, 2.45) is 0 Å². The molecule has 0 spiro atoms. The fourth-order valence-corrected chi connectivity index (χ4v) is 2.20. The van der Waals surface area contributed by atoms with Crippen LogP contribution in [-0.4, -0.2) is 28.3 Å². The molecule has 0 aliphatic carbocycles. The molecule has 122 valence electrons. The largest absolute Gasteiger partial charge is 0.480 e. The quantitative estimate of drug-likeness (QED) is 0.613. The summed E-state index contributed by atoms with van der Waals surface area (Å²) in [6, 6.07) is 10.0. The SMILES string of the molecule is Cc1cc(C#Cc2cccc(OC3NNNC3C(=O)O)c2)ccn1. The van der Waals surface area contributed by atoms with Crippen molar-refractivity contribution in [2.75, 3.05) is 0 Å². The van der Waals surface area contributed by atoms with Crippen LogP contribution in [0.15, 0.2) is 42.6 Å². The molecule has 1 saturated heterocycles. The van der Waals surface area contributed by atoms with E-state index in [0.29, 0.717) is 5.75 Å². The molecular formula is C17H16N4O3. The Balaban J connectivity index is 1.74. The van der Waals surface area contributed by atoms with E-state index in [0.717, 1.165) is 16.8 Å². The summed E-state index contributed by atoms with van der Waals surface area (Å²) < 4.78 is 5.67. The molecular weight excluding hydrogens is 308 g/mol. The van der Waals surface area contributed by atoms with E-state index in [-0.39, 0.29) is 0 Å². The Morgan fingerprint density at radius 3 is 2.75 bits per heavy atom. The van der Waals surface area contributed by atoms with Gasteiger partial charge in [-0.05, 0) is 37.3 Å². The number of aliphatic carboxylic acids is 1. The van der Waals surface area contributed by atoms with E-state index >= 15 is 0 Å². The second kappa shape index (κ2) is 7.10. The minimum Gasteiger partial charge on any atom is -0.480 e. The van der Waals surface area contributed by atoms with Crippen LogP contribution in [0.5, 0.6) is 5.75 Å². The van der Waals surface area contributed by atoms with E-state index in [1.165, 1.54) is 0 Å². The van der Waals surface area contributed by atoms with Crippen molar-refractivity contribution in [3.63, 3.8) is 0 Å². The maximum absolute atomic E-state index is 11.1. The number of hydrogen-bond acceptors (Lipinski definition) is 6. The van der Waals surface area contributed by atoms with Crippen molar-refractivity contribution >= 4 is 5.97 Å². The standard InChI is InChI=1S/C17H16N4O3/c1-11-9-13(7-8-18-11)6-5-12-3-2-4-14(10-12)24-16-15(17(22)23)19-21-20-16/h2-4,7-10,15-16,19-21H,1H3,(H,22,23). The van der Waals surface area contributed by atoms with Crippen molar-refractivity contribution in [1.82, 2.24) is 21.4 Å². The highest BCUT2D eigenvalue weighted by Crippen LogP contribution is 2.16. The number of nitrogens with one attached hydrogen (secondary N) is 3. The minimum atomic E-state index is -1.01. The molecule has 0 radical (unpaired) electrons. The minimum absolute atomic E-state index is 0.530. The number of benzene rings is 1. The maximum Gasteiger partial charge on any atom is 0.327 e. The number of aryl methyl sites for hydroxylation is 1. The third kappa shape index (κ3) is 3.88. The zero-order valence-corrected chi connectivity index (χ0v) is 12.9. The van der Waals surface area contributed by atoms with Gasteiger partial charge in [0.05, 0.1) is 0 Å². The number of nitrogens with zero attached hydrogens (tertiary/aromatic N) is 1. The average molecular weight is 324 g/mol. The summed E-state index contributed by atoms with van der Waals surface area (Å²) in [5.41, 5.74) is 10.4. The number of carboxylic acid groups (broad SMARTS) is 1. The number of hydrazine groups is 2. The van der Waals surface area contributed by atoms with E-state index in [1.807, 2.05) is 31.2 Å². The summed E-state index contributed by atoms with van der Waals surface area (Å²) in [7, 11) is 0. The van der Waals surface area contributed by atoms with E-state index in [4.69, 9.17) is 9.84 Å². The smallest absolute Gasteiger partial charge is 0.327 e. The van der Waals surface area contributed by atoms with Crippen molar-refractivity contribution in [3.8, 4) is 17.6 Å². The molecule has 1 aliphatic heterocycles. The lowest BCUT2D eigenvalue weighted by atomic mass is 10.2. The molecule has 2 unspecified atom stereocenters. The number of carbonyl (C=O) groups is 1. The van der Waals surface area contributed by atoms with E-state index < -0.39 is 18.2 Å². The van der Waals surface area contributed by atoms with Crippen LogP contribution >= 0.6 is 0 Å². The van der Waals surface area contributed by atoms with E-state index in [9.17, 15) is 4.79 Å². The third-order valence-corrected chi connectivity index (χ3v) is 3.36. The van der Waals surface area contributed by atoms with Crippen molar-refractivity contribution in [3.05, 3.63) is 59.4 Å². The number of carboxylic acids is 1. The molecule has 0 saturated carbocycles. The van der Waals surface area contributed by atoms with Gasteiger partial charge in [0.25, 0.3) is 0 Å². The molecule has 1 aromatic carbocycles. The predicted octanol–water partition coefficient (Wildman–Crippen LogP) is 0.560. The Hall–Kier alpha value is -2.92. The van der Waals surface area contributed by atoms with Gasteiger partial charge < -0.3 is 9.84 Å². The first-order valence-electron chi connectivity index (χ1n) is 7.32. The van der Waals surface area contributed by atoms with Crippen LogP contribution in [0.3, 0.4) is 0 Å². The fourth-order valence-electron chi connectivity index (χ4n) is 2.20. The summed E-state index contributed by atoms with van der Waals surface area (Å²) in [6.07, 6.45) is 0.991. The Morgan fingerprint density at radius 2 is 2.00 bits per heavy atom. The summed E-state index contributed by atoms with van der Waals surface area (Å²) in [4.78, 5) is 15.2. The van der Waals surface area contributed by atoms with Crippen LogP contribution in [-0.2, 0) is 4.79 Å². The lowest BCUT2D eigenvalue weighted by Gasteiger charge is -2.16. The van der Waals surface area contributed by atoms with Gasteiger partial charge in [0.2, 0.25) is 0 Å². The third-order valence-electron chi connectivity index (χ3n) is 3.36. The second-order valence-electron chi connectivity index (χ2n) is 5.23. The normalized spacial score (nSPS) is 19.4. The number of hydrogen-bond donors (Lipinski definition) is 4. The highest BCUT2D eigenvalue weighted by molar-refractivity contribution is 5.74. The molecule has 1 fully saturated rings. The lowest BCUT2D eigenvalue weighted by molar-refractivity contribution is -0.141. The lowest BCUT2D eigenvalue weighted by Crippen LogP contribution is -2.44. The maximum atomic E-state index is 11.1. The van der Waals surface area contributed by atoms with Crippen LogP contribution in [0.4, 0.5) is 0 Å². The van der Waals surface area contributed by atoms with Gasteiger partial charge in [-0.2, -0.15) is 5.53 Å². The Kier molecular flexibility index (Phi) is 4.72. The summed E-state index contributed by atoms with van der Waals surface area (Å²) in [6.45, 7) is 1.91. The van der Waals surface area contributed by atoms with Crippen LogP contribution in [0.1, 0.15) is 16.8 Å². The summed E-state index contributed by atoms with van der Waals surface area (Å²) in [5, 5.41) is 9.10. The molecule has 0 bridgehead atoms. The van der Waals surface area contributed by atoms with Gasteiger partial charge in [0.15, 0.2) is 12.3 Å². The van der Waals surface area contributed by atoms with Crippen molar-refractivity contribution < 1.29 is 14.6 Å². The molecule has 0 amide bonds. The van der Waals surface area contributed by atoms with Crippen LogP contribution in [0.25, 0.3) is 0 Å². The predicted molar refractivity (Wildman–Crippen MR) is 86.6 cm³/mol. The fraction of sp³-hybridized carbons (Fsp3) is 0.176. The molecule has 1 aromatic heterocycles. The molecule has 7 nitrogen and oxygen atoms in total. The van der Waals surface area contributed by atoms with Gasteiger partial charge in [-0.3, -0.25) is 9.78 Å². The number of aromatic nitrogens is 1. The molecule has 1 aliphatic rings. The molecule has 24 heavy (non-hydrogen) atoms. The summed E-state index contributed by atoms with van der Waals surface area (Å²) in [5.74, 6) is 5.65. The van der Waals surface area contributed by atoms with Gasteiger partial charge in [-0.15, -0.1) is 0 Å². The zero-order chi connectivity index (χ0) is 16.9. The molecule has 2 heterocycles. The van der Waals surface area contributed by atoms with Gasteiger partial charge in [0, 0.05) is 23.0 Å². The second-order valence-corrected chi connectivity index (χ2v) is 5.23. The molecule has 2 aromatic rings. The molecule has 2 atom stereocenters. The first-order valence-corrected chi connectivity index (χ1v) is 7.32. The van der Waals surface area contributed by atoms with Crippen molar-refractivity contribution in [1.29, 1.82) is 0 Å². The van der Waals surface area contributed by atoms with Gasteiger partial charge in [-0.25, -0.2) is 10.9 Å². The highest BCUT2D eigenvalue weighted by Gasteiger charge is 2.34. The van der Waals surface area contributed by atoms with Crippen LogP contribution in [0, 0.1) is 18.8 Å². The molecule has 4 N–H and O–H groups in total. The first-order chi connectivity index (χ1) is 11.6. The average Bonchev–Trinajstić information content (AvgIpc) is 3.02. The van der Waals surface area contributed by atoms with Crippen molar-refractivity contribution in [2.45, 2.75) is 19.2 Å². The van der Waals surface area contributed by atoms with Gasteiger partial charge in [0.1, 0.15) is 5.75 Å². The Labute approximate surface area is 139 Å². The van der Waals surface area contributed by atoms with Crippen LogP contribution in [0.2, 0.25) is 0 Å². The first kappa shape index (κ1) is 16.0. The van der Waals surface area contributed by atoms with E-state index in [2.05, 4.69) is 33.2 Å². The summed E-state index contributed by atoms with van der Waals surface area (Å²) >= 11 is 0. The van der Waals surface area contributed by atoms with Gasteiger partial charge in [-0.1, -0.05) is 17.9 Å². The Morgan fingerprint density at radius 1 is 1.21 bits per heavy atom. The Bertz CT molecular complexity index is 813. The highest BCUT2D eigenvalue weighted by atomic mass is 16.5. The number of ether oxygens (including phenoxy) is 1. The molecule has 3 rings (SSSR count). The number of pyridine rings is 1. The number of rotatable bonds is 3. The monoisotopic (exact) mass is 324 g/mol. The zero-order valence-electron chi connectivity index (χ0n) is 12.9. The molecule has 7 heteroatoms.